The van der Waals surface area contributed by atoms with E-state index in [1.165, 1.54) is 30.3 Å². The van der Waals surface area contributed by atoms with Gasteiger partial charge in [0.1, 0.15) is 11.3 Å². The Morgan fingerprint density at radius 3 is 2.62 bits per heavy atom. The summed E-state index contributed by atoms with van der Waals surface area (Å²) in [6, 6.07) is 8.24. The molecule has 1 amide bonds. The third-order valence-corrected chi connectivity index (χ3v) is 3.09. The molecule has 0 aromatic heterocycles. The molecule has 7 heteroatoms. The fraction of sp³-hybridized carbons (Fsp3) is 0.0714. The Balaban J connectivity index is 2.34. The van der Waals surface area contributed by atoms with Crippen molar-refractivity contribution in [3.8, 4) is 5.75 Å². The van der Waals surface area contributed by atoms with E-state index >= 15 is 0 Å². The van der Waals surface area contributed by atoms with Gasteiger partial charge < -0.3 is 10.4 Å². The zero-order valence-electron chi connectivity index (χ0n) is 11.0. The van der Waals surface area contributed by atoms with Crippen LogP contribution in [0.25, 0.3) is 0 Å². The second-order valence-corrected chi connectivity index (χ2v) is 4.81. The minimum atomic E-state index is -0.662. The number of phenolic OH excluding ortho intramolecular Hbond substituents is 1. The van der Waals surface area contributed by atoms with Crippen molar-refractivity contribution in [1.29, 1.82) is 0 Å². The van der Waals surface area contributed by atoms with Crippen molar-refractivity contribution in [3.63, 3.8) is 0 Å². The average Bonchev–Trinajstić information content (AvgIpc) is 2.41. The number of rotatable bonds is 3. The average molecular weight is 307 g/mol. The van der Waals surface area contributed by atoms with Crippen LogP contribution in [0.2, 0.25) is 5.02 Å². The molecule has 0 saturated carbocycles. The largest absolute Gasteiger partial charge is 0.508 e. The molecule has 108 valence electrons. The van der Waals surface area contributed by atoms with E-state index in [4.69, 9.17) is 11.6 Å². The molecule has 0 bridgehead atoms. The molecule has 0 aliphatic rings. The van der Waals surface area contributed by atoms with Gasteiger partial charge >= 0.3 is 0 Å². The van der Waals surface area contributed by atoms with Crippen molar-refractivity contribution in [3.05, 3.63) is 62.7 Å². The predicted molar refractivity (Wildman–Crippen MR) is 78.9 cm³/mol. The van der Waals surface area contributed by atoms with Crippen LogP contribution in [-0.4, -0.2) is 15.9 Å². The van der Waals surface area contributed by atoms with Crippen LogP contribution >= 0.6 is 11.6 Å². The summed E-state index contributed by atoms with van der Waals surface area (Å²) < 4.78 is 0. The molecule has 0 spiro atoms. The van der Waals surface area contributed by atoms with Crippen molar-refractivity contribution < 1.29 is 14.8 Å². The van der Waals surface area contributed by atoms with Crippen molar-refractivity contribution in [2.45, 2.75) is 6.92 Å². The fourth-order valence-electron chi connectivity index (χ4n) is 1.83. The molecule has 0 aliphatic heterocycles. The first-order valence-electron chi connectivity index (χ1n) is 5.93. The highest BCUT2D eigenvalue weighted by molar-refractivity contribution is 6.31. The summed E-state index contributed by atoms with van der Waals surface area (Å²) in [5.41, 5.74) is 0.648. The fourth-order valence-corrected chi connectivity index (χ4v) is 1.99. The standard InChI is InChI=1S/C14H11ClN2O4/c1-8-6-10(18)3-5-12(8)16-14(19)11-4-2-9(15)7-13(11)17(20)21/h2-7,18H,1H3,(H,16,19). The molecular formula is C14H11ClN2O4. The van der Waals surface area contributed by atoms with Crippen LogP contribution in [0.1, 0.15) is 15.9 Å². The number of nitro benzene ring substituents is 1. The Labute approximate surface area is 125 Å². The smallest absolute Gasteiger partial charge is 0.283 e. The van der Waals surface area contributed by atoms with E-state index in [1.807, 2.05) is 0 Å². The van der Waals surface area contributed by atoms with Gasteiger partial charge in [-0.05, 0) is 42.8 Å². The second kappa shape index (κ2) is 5.80. The summed E-state index contributed by atoms with van der Waals surface area (Å²) in [6.45, 7) is 1.70. The zero-order valence-corrected chi connectivity index (χ0v) is 11.7. The normalized spacial score (nSPS) is 10.2. The molecule has 2 aromatic carbocycles. The summed E-state index contributed by atoms with van der Waals surface area (Å²) in [5, 5.41) is 23.0. The van der Waals surface area contributed by atoms with E-state index < -0.39 is 10.8 Å². The quantitative estimate of drug-likeness (QED) is 0.515. The molecule has 0 aliphatic carbocycles. The Bertz CT molecular complexity index is 731. The third kappa shape index (κ3) is 3.29. The van der Waals surface area contributed by atoms with E-state index in [1.54, 1.807) is 6.92 Å². The Morgan fingerprint density at radius 2 is 2.00 bits per heavy atom. The number of amides is 1. The summed E-state index contributed by atoms with van der Waals surface area (Å²) in [7, 11) is 0. The van der Waals surface area contributed by atoms with Crippen molar-refractivity contribution in [1.82, 2.24) is 0 Å². The molecule has 2 N–H and O–H groups in total. The van der Waals surface area contributed by atoms with Crippen LogP contribution in [-0.2, 0) is 0 Å². The van der Waals surface area contributed by atoms with Gasteiger partial charge in [0, 0.05) is 16.8 Å². The van der Waals surface area contributed by atoms with Crippen LogP contribution in [0.4, 0.5) is 11.4 Å². The molecule has 0 fully saturated rings. The highest BCUT2D eigenvalue weighted by atomic mass is 35.5. The maximum absolute atomic E-state index is 12.2. The monoisotopic (exact) mass is 306 g/mol. The van der Waals surface area contributed by atoms with Crippen LogP contribution in [0.3, 0.4) is 0 Å². The lowest BCUT2D eigenvalue weighted by molar-refractivity contribution is -0.385. The number of halogens is 1. The van der Waals surface area contributed by atoms with E-state index in [-0.39, 0.29) is 22.0 Å². The van der Waals surface area contributed by atoms with Gasteiger partial charge in [-0.1, -0.05) is 11.6 Å². The van der Waals surface area contributed by atoms with E-state index in [0.717, 1.165) is 6.07 Å². The third-order valence-electron chi connectivity index (χ3n) is 2.86. The summed E-state index contributed by atoms with van der Waals surface area (Å²) in [6.07, 6.45) is 0. The molecule has 2 aromatic rings. The Morgan fingerprint density at radius 1 is 1.29 bits per heavy atom. The minimum absolute atomic E-state index is 0.0722. The highest BCUT2D eigenvalue weighted by Crippen LogP contribution is 2.25. The maximum Gasteiger partial charge on any atom is 0.283 e. The number of aromatic hydroxyl groups is 1. The van der Waals surface area contributed by atoms with Gasteiger partial charge in [0.2, 0.25) is 0 Å². The molecular weight excluding hydrogens is 296 g/mol. The molecule has 0 unspecified atom stereocenters. The summed E-state index contributed by atoms with van der Waals surface area (Å²) in [4.78, 5) is 22.5. The van der Waals surface area contributed by atoms with Crippen molar-refractivity contribution in [2.75, 3.05) is 5.32 Å². The SMILES string of the molecule is Cc1cc(O)ccc1NC(=O)c1ccc(Cl)cc1[N+](=O)[O-]. The van der Waals surface area contributed by atoms with E-state index in [2.05, 4.69) is 5.32 Å². The molecule has 0 heterocycles. The van der Waals surface area contributed by atoms with Gasteiger partial charge in [-0.25, -0.2) is 0 Å². The number of hydrogen-bond donors (Lipinski definition) is 2. The van der Waals surface area contributed by atoms with Crippen LogP contribution in [0.5, 0.6) is 5.75 Å². The second-order valence-electron chi connectivity index (χ2n) is 4.37. The number of benzene rings is 2. The minimum Gasteiger partial charge on any atom is -0.508 e. The van der Waals surface area contributed by atoms with Gasteiger partial charge in [0.05, 0.1) is 4.92 Å². The van der Waals surface area contributed by atoms with Gasteiger partial charge in [0.15, 0.2) is 0 Å². The number of aryl methyl sites for hydroxylation is 1. The molecule has 2 rings (SSSR count). The number of nitrogens with one attached hydrogen (secondary N) is 1. The lowest BCUT2D eigenvalue weighted by Crippen LogP contribution is -2.14. The van der Waals surface area contributed by atoms with E-state index in [0.29, 0.717) is 11.3 Å². The number of carbonyl (C=O) groups excluding carboxylic acids is 1. The van der Waals surface area contributed by atoms with E-state index in [9.17, 15) is 20.0 Å². The van der Waals surface area contributed by atoms with Gasteiger partial charge in [-0.3, -0.25) is 14.9 Å². The van der Waals surface area contributed by atoms with Crippen molar-refractivity contribution >= 4 is 28.9 Å². The first-order valence-corrected chi connectivity index (χ1v) is 6.31. The van der Waals surface area contributed by atoms with Crippen LogP contribution < -0.4 is 5.32 Å². The van der Waals surface area contributed by atoms with Crippen molar-refractivity contribution in [2.24, 2.45) is 0 Å². The molecule has 0 saturated heterocycles. The van der Waals surface area contributed by atoms with Gasteiger partial charge in [-0.15, -0.1) is 0 Å². The lowest BCUT2D eigenvalue weighted by atomic mass is 10.1. The van der Waals surface area contributed by atoms with Gasteiger partial charge in [0.25, 0.3) is 11.6 Å². The maximum atomic E-state index is 12.2. The molecule has 21 heavy (non-hydrogen) atoms. The number of phenols is 1. The summed E-state index contributed by atoms with van der Waals surface area (Å²) >= 11 is 5.70. The van der Waals surface area contributed by atoms with Gasteiger partial charge in [-0.2, -0.15) is 0 Å². The van der Waals surface area contributed by atoms with Crippen LogP contribution in [0.15, 0.2) is 36.4 Å². The molecule has 0 atom stereocenters. The highest BCUT2D eigenvalue weighted by Gasteiger charge is 2.21. The number of nitrogens with zero attached hydrogens (tertiary/aromatic N) is 1. The zero-order chi connectivity index (χ0) is 15.6. The first-order chi connectivity index (χ1) is 9.88. The first kappa shape index (κ1) is 14.8. The summed E-state index contributed by atoms with van der Waals surface area (Å²) in [5.74, 6) is -0.546. The number of carbonyl (C=O) groups is 1. The number of anilines is 1. The Kier molecular flexibility index (Phi) is 4.09. The molecule has 0 radical (unpaired) electrons. The molecule has 6 nitrogen and oxygen atoms in total. The topological polar surface area (TPSA) is 92.5 Å². The predicted octanol–water partition coefficient (Wildman–Crippen LogP) is 3.51. The number of nitro groups is 1. The number of hydrogen-bond acceptors (Lipinski definition) is 4. The lowest BCUT2D eigenvalue weighted by Gasteiger charge is -2.09. The Hall–Kier alpha value is -2.60. The van der Waals surface area contributed by atoms with Crippen LogP contribution in [0, 0.1) is 17.0 Å².